The molecule has 1 atom stereocenters. The molecule has 0 radical (unpaired) electrons. The average molecular weight is 730 g/mol. The normalized spacial score (nSPS) is 11.7. The predicted octanol–water partition coefficient (Wildman–Crippen LogP) is 9.00. The Labute approximate surface area is 308 Å². The fraction of sp³-hybridized carbons (Fsp3) is 0.282. The largest absolute Gasteiger partial charge is 0.491 e. The summed E-state index contributed by atoms with van der Waals surface area (Å²) in [5.74, 6) is 3.28. The van der Waals surface area contributed by atoms with Gasteiger partial charge in [-0.3, -0.25) is 0 Å². The van der Waals surface area contributed by atoms with Gasteiger partial charge in [0.25, 0.3) is 11.8 Å². The Morgan fingerprint density at radius 1 is 0.667 bits per heavy atom. The molecular formula is C39H42Cl2N6O4. The fourth-order valence-corrected chi connectivity index (χ4v) is 5.59. The Balaban J connectivity index is 0.000000198. The van der Waals surface area contributed by atoms with Crippen molar-refractivity contribution in [2.45, 2.75) is 26.9 Å². The third-order valence-corrected chi connectivity index (χ3v) is 8.32. The van der Waals surface area contributed by atoms with Crippen LogP contribution in [0.2, 0.25) is 10.0 Å². The van der Waals surface area contributed by atoms with Gasteiger partial charge in [-0.1, -0.05) is 69.9 Å². The van der Waals surface area contributed by atoms with E-state index in [2.05, 4.69) is 30.1 Å². The third kappa shape index (κ3) is 10.2. The lowest BCUT2D eigenvalue weighted by molar-refractivity contribution is 0.177. The van der Waals surface area contributed by atoms with Crippen molar-refractivity contribution >= 4 is 23.2 Å². The Morgan fingerprint density at radius 2 is 1.16 bits per heavy atom. The molecule has 6 rings (SSSR count). The van der Waals surface area contributed by atoms with Gasteiger partial charge in [0, 0.05) is 35.3 Å². The number of hydrogen-bond acceptors (Lipinski definition) is 10. The number of aryl methyl sites for hydroxylation is 2. The van der Waals surface area contributed by atoms with Gasteiger partial charge >= 0.3 is 0 Å². The van der Waals surface area contributed by atoms with E-state index in [1.165, 1.54) is 0 Å². The van der Waals surface area contributed by atoms with Crippen molar-refractivity contribution in [1.29, 1.82) is 0 Å². The number of likely N-dealkylation sites (N-methyl/N-ethyl adjacent to an activating group) is 2. The van der Waals surface area contributed by atoms with Crippen LogP contribution < -0.4 is 9.47 Å². The van der Waals surface area contributed by atoms with Crippen LogP contribution in [0.15, 0.2) is 94.0 Å². The summed E-state index contributed by atoms with van der Waals surface area (Å²) in [7, 11) is 8.01. The molecule has 12 heteroatoms. The maximum Gasteiger partial charge on any atom is 0.258 e. The first-order valence-corrected chi connectivity index (χ1v) is 17.2. The summed E-state index contributed by atoms with van der Waals surface area (Å²) in [5.41, 5.74) is 5.59. The van der Waals surface area contributed by atoms with Crippen molar-refractivity contribution in [3.8, 4) is 57.2 Å². The summed E-state index contributed by atoms with van der Waals surface area (Å²) in [6.07, 6.45) is 0.0335. The monoisotopic (exact) mass is 728 g/mol. The second-order valence-corrected chi connectivity index (χ2v) is 13.4. The second-order valence-electron chi connectivity index (χ2n) is 12.6. The van der Waals surface area contributed by atoms with E-state index in [-0.39, 0.29) is 6.10 Å². The minimum atomic E-state index is 0.0335. The van der Waals surface area contributed by atoms with Crippen LogP contribution in [0.5, 0.6) is 11.5 Å². The zero-order valence-corrected chi connectivity index (χ0v) is 31.4. The van der Waals surface area contributed by atoms with Gasteiger partial charge in [0.05, 0.1) is 10.0 Å². The van der Waals surface area contributed by atoms with Crippen LogP contribution in [0.4, 0.5) is 0 Å². The Morgan fingerprint density at radius 3 is 1.61 bits per heavy atom. The van der Waals surface area contributed by atoms with Gasteiger partial charge in [0.1, 0.15) is 24.2 Å². The first-order valence-electron chi connectivity index (χ1n) is 16.5. The smallest absolute Gasteiger partial charge is 0.258 e. The van der Waals surface area contributed by atoms with Crippen LogP contribution in [0.3, 0.4) is 0 Å². The van der Waals surface area contributed by atoms with Gasteiger partial charge in [-0.25, -0.2) is 0 Å². The van der Waals surface area contributed by atoms with Gasteiger partial charge in [0.15, 0.2) is 0 Å². The van der Waals surface area contributed by atoms with Crippen LogP contribution in [0.1, 0.15) is 18.1 Å². The minimum Gasteiger partial charge on any atom is -0.491 e. The van der Waals surface area contributed by atoms with E-state index in [4.69, 9.17) is 41.7 Å². The lowest BCUT2D eigenvalue weighted by Gasteiger charge is -2.19. The van der Waals surface area contributed by atoms with Crippen molar-refractivity contribution < 1.29 is 18.5 Å². The summed E-state index contributed by atoms with van der Waals surface area (Å²) in [6.45, 7) is 8.24. The summed E-state index contributed by atoms with van der Waals surface area (Å²) in [6, 6.07) is 26.8. The molecule has 1 unspecified atom stereocenters. The van der Waals surface area contributed by atoms with Gasteiger partial charge in [0.2, 0.25) is 11.6 Å². The van der Waals surface area contributed by atoms with E-state index in [9.17, 15) is 0 Å². The van der Waals surface area contributed by atoms with Gasteiger partial charge in [-0.2, -0.15) is 9.97 Å². The quantitative estimate of drug-likeness (QED) is 0.121. The number of benzene rings is 4. The van der Waals surface area contributed by atoms with Crippen LogP contribution in [0, 0.1) is 13.8 Å². The molecule has 0 saturated carbocycles. The molecule has 0 saturated heterocycles. The molecule has 0 bridgehead atoms. The summed E-state index contributed by atoms with van der Waals surface area (Å²) >= 11 is 12.7. The maximum atomic E-state index is 6.38. The Hall–Kier alpha value is -4.74. The standard InChI is InChI=1S/C20H22ClN3O2.C19H20ClN3O2/c1-13-7-5-6-8-16(13)20-22-19(23-26-20)15-9-10-18(17(21)11-15)25-14(2)12-24(3)4;1-13-6-4-5-7-15(13)19-21-18(22-25-19)14-8-9-17(16(20)12-14)24-11-10-23(2)3/h5-11,14H,12H2,1-4H3;4-9,12H,10-11H2,1-3H3. The molecule has 4 aromatic carbocycles. The van der Waals surface area contributed by atoms with Crippen LogP contribution in [-0.4, -0.2) is 84.1 Å². The van der Waals surface area contributed by atoms with E-state index < -0.39 is 0 Å². The maximum absolute atomic E-state index is 6.38. The molecule has 0 aliphatic rings. The van der Waals surface area contributed by atoms with Gasteiger partial charge in [-0.05, 0) is 109 Å². The molecule has 0 amide bonds. The van der Waals surface area contributed by atoms with Gasteiger partial charge in [-0.15, -0.1) is 0 Å². The Bertz CT molecular complexity index is 2040. The molecule has 2 aromatic heterocycles. The molecular weight excluding hydrogens is 687 g/mol. The lowest BCUT2D eigenvalue weighted by atomic mass is 10.1. The molecule has 10 nitrogen and oxygen atoms in total. The molecule has 0 aliphatic carbocycles. The Kier molecular flexibility index (Phi) is 12.8. The highest BCUT2D eigenvalue weighted by atomic mass is 35.5. The molecule has 0 fully saturated rings. The fourth-order valence-electron chi connectivity index (χ4n) is 5.12. The highest BCUT2D eigenvalue weighted by Gasteiger charge is 2.16. The highest BCUT2D eigenvalue weighted by Crippen LogP contribution is 2.33. The molecule has 2 heterocycles. The van der Waals surface area contributed by atoms with E-state index in [0.29, 0.717) is 51.6 Å². The van der Waals surface area contributed by atoms with E-state index >= 15 is 0 Å². The van der Waals surface area contributed by atoms with Gasteiger partial charge < -0.3 is 28.3 Å². The van der Waals surface area contributed by atoms with E-state index in [0.717, 1.165) is 46.5 Å². The SMILES string of the molecule is Cc1ccccc1-c1nc(-c2ccc(OC(C)CN(C)C)c(Cl)c2)no1.Cc1ccccc1-c1nc(-c2ccc(OCCN(C)C)c(Cl)c2)no1. The van der Waals surface area contributed by atoms with Crippen LogP contribution >= 0.6 is 23.2 Å². The topological polar surface area (TPSA) is 103 Å². The zero-order valence-electron chi connectivity index (χ0n) is 29.9. The molecule has 51 heavy (non-hydrogen) atoms. The number of rotatable bonds is 12. The zero-order chi connectivity index (χ0) is 36.5. The first-order chi connectivity index (χ1) is 24.5. The third-order valence-electron chi connectivity index (χ3n) is 7.73. The molecule has 0 N–H and O–H groups in total. The van der Waals surface area contributed by atoms with Crippen LogP contribution in [-0.2, 0) is 0 Å². The molecule has 266 valence electrons. The van der Waals surface area contributed by atoms with E-state index in [1.54, 1.807) is 12.1 Å². The number of nitrogens with zero attached hydrogens (tertiary/aromatic N) is 6. The van der Waals surface area contributed by atoms with E-state index in [1.807, 2.05) is 122 Å². The number of ether oxygens (including phenoxy) is 2. The van der Waals surface area contributed by atoms with Crippen LogP contribution in [0.25, 0.3) is 45.7 Å². The molecule has 6 aromatic rings. The molecule has 0 aliphatic heterocycles. The second kappa shape index (κ2) is 17.5. The number of aromatic nitrogens is 4. The average Bonchev–Trinajstić information content (AvgIpc) is 3.78. The summed E-state index contributed by atoms with van der Waals surface area (Å²) < 4.78 is 22.4. The van der Waals surface area contributed by atoms with Crippen molar-refractivity contribution in [3.63, 3.8) is 0 Å². The van der Waals surface area contributed by atoms with Crippen molar-refractivity contribution in [2.75, 3.05) is 47.9 Å². The van der Waals surface area contributed by atoms with Crippen molar-refractivity contribution in [1.82, 2.24) is 30.1 Å². The van der Waals surface area contributed by atoms with Crippen molar-refractivity contribution in [3.05, 3.63) is 106 Å². The molecule has 0 spiro atoms. The number of hydrogen-bond donors (Lipinski definition) is 0. The minimum absolute atomic E-state index is 0.0335. The predicted molar refractivity (Wildman–Crippen MR) is 203 cm³/mol. The lowest BCUT2D eigenvalue weighted by Crippen LogP contribution is -2.28. The highest BCUT2D eigenvalue weighted by molar-refractivity contribution is 6.32. The summed E-state index contributed by atoms with van der Waals surface area (Å²) in [5, 5.41) is 9.20. The number of halogens is 2. The van der Waals surface area contributed by atoms with Crippen molar-refractivity contribution in [2.24, 2.45) is 0 Å². The first kappa shape index (κ1) is 37.5. The summed E-state index contributed by atoms with van der Waals surface area (Å²) in [4.78, 5) is 13.1.